The van der Waals surface area contributed by atoms with Crippen molar-refractivity contribution >= 4 is 23.5 Å². The van der Waals surface area contributed by atoms with Crippen LogP contribution < -0.4 is 0 Å². The molecule has 0 radical (unpaired) electrons. The number of nitrogens with zero attached hydrogens (tertiary/aromatic N) is 1. The summed E-state index contributed by atoms with van der Waals surface area (Å²) in [6, 6.07) is 7.40. The number of hydrogen-bond acceptors (Lipinski definition) is 3. The van der Waals surface area contributed by atoms with Crippen LogP contribution in [0.15, 0.2) is 24.3 Å². The van der Waals surface area contributed by atoms with Crippen molar-refractivity contribution in [3.8, 4) is 0 Å². The molecular formula is C17H24ClNO3. The Morgan fingerprint density at radius 3 is 2.41 bits per heavy atom. The van der Waals surface area contributed by atoms with Gasteiger partial charge < -0.3 is 9.64 Å². The fourth-order valence-corrected chi connectivity index (χ4v) is 2.17. The minimum atomic E-state index is -0.271. The van der Waals surface area contributed by atoms with Crippen molar-refractivity contribution in [2.75, 3.05) is 13.2 Å². The first-order chi connectivity index (χ1) is 10.6. The molecule has 0 aliphatic rings. The molecule has 0 aliphatic carbocycles. The maximum Gasteiger partial charge on any atom is 0.307 e. The molecule has 0 fully saturated rings. The third kappa shape index (κ3) is 6.94. The standard InChI is InChI=1S/C17H24ClNO3/c1-3-5-6-16(20)19(12-11-17(21)22-4-2)13-14-7-9-15(18)10-8-14/h7-10H,3-6,11-13H2,1-2H3. The molecule has 0 atom stereocenters. The topological polar surface area (TPSA) is 46.6 Å². The summed E-state index contributed by atoms with van der Waals surface area (Å²) in [6.07, 6.45) is 2.56. The summed E-state index contributed by atoms with van der Waals surface area (Å²) < 4.78 is 4.92. The average molecular weight is 326 g/mol. The van der Waals surface area contributed by atoms with Gasteiger partial charge in [-0.05, 0) is 31.0 Å². The molecule has 1 rings (SSSR count). The molecule has 1 aromatic carbocycles. The zero-order valence-corrected chi connectivity index (χ0v) is 14.1. The number of hydrogen-bond donors (Lipinski definition) is 0. The smallest absolute Gasteiger partial charge is 0.307 e. The number of carbonyl (C=O) groups is 2. The summed E-state index contributed by atoms with van der Waals surface area (Å²) in [7, 11) is 0. The van der Waals surface area contributed by atoms with Gasteiger partial charge in [-0.3, -0.25) is 9.59 Å². The van der Waals surface area contributed by atoms with E-state index in [4.69, 9.17) is 16.3 Å². The van der Waals surface area contributed by atoms with E-state index < -0.39 is 0 Å². The SMILES string of the molecule is CCCCC(=O)N(CCC(=O)OCC)Cc1ccc(Cl)cc1. The van der Waals surface area contributed by atoms with Gasteiger partial charge >= 0.3 is 5.97 Å². The first-order valence-electron chi connectivity index (χ1n) is 7.74. The van der Waals surface area contributed by atoms with Crippen LogP contribution in [0.2, 0.25) is 5.02 Å². The molecule has 0 saturated carbocycles. The fraction of sp³-hybridized carbons (Fsp3) is 0.529. The lowest BCUT2D eigenvalue weighted by Gasteiger charge is -2.22. The van der Waals surface area contributed by atoms with E-state index in [9.17, 15) is 9.59 Å². The lowest BCUT2D eigenvalue weighted by Crippen LogP contribution is -2.32. The van der Waals surface area contributed by atoms with E-state index >= 15 is 0 Å². The third-order valence-electron chi connectivity index (χ3n) is 3.27. The number of carbonyl (C=O) groups excluding carboxylic acids is 2. The van der Waals surface area contributed by atoms with Crippen LogP contribution in [0.1, 0.15) is 45.1 Å². The summed E-state index contributed by atoms with van der Waals surface area (Å²) in [6.45, 7) is 5.05. The average Bonchev–Trinajstić information content (AvgIpc) is 2.51. The van der Waals surface area contributed by atoms with Gasteiger partial charge in [-0.15, -0.1) is 0 Å². The van der Waals surface area contributed by atoms with Crippen molar-refractivity contribution in [1.82, 2.24) is 4.90 Å². The Kier molecular flexibility index (Phi) is 8.60. The Balaban J connectivity index is 2.66. The quantitative estimate of drug-likeness (QED) is 0.648. The van der Waals surface area contributed by atoms with Crippen LogP contribution in [0, 0.1) is 0 Å². The minimum absolute atomic E-state index is 0.0705. The Bertz CT molecular complexity index is 473. The van der Waals surface area contributed by atoms with Gasteiger partial charge in [0.05, 0.1) is 13.0 Å². The molecule has 0 heterocycles. The lowest BCUT2D eigenvalue weighted by atomic mass is 10.1. The number of ether oxygens (including phenoxy) is 1. The van der Waals surface area contributed by atoms with E-state index in [2.05, 4.69) is 6.92 Å². The highest BCUT2D eigenvalue weighted by molar-refractivity contribution is 6.30. The molecule has 0 spiro atoms. The summed E-state index contributed by atoms with van der Waals surface area (Å²) in [5, 5.41) is 0.666. The molecule has 0 saturated heterocycles. The van der Waals surface area contributed by atoms with E-state index in [1.165, 1.54) is 0 Å². The van der Waals surface area contributed by atoms with E-state index in [0.29, 0.717) is 31.1 Å². The number of halogens is 1. The maximum atomic E-state index is 12.3. The first-order valence-corrected chi connectivity index (χ1v) is 8.12. The summed E-state index contributed by atoms with van der Waals surface area (Å²) >= 11 is 5.88. The molecule has 1 aromatic rings. The van der Waals surface area contributed by atoms with Gasteiger partial charge in [0, 0.05) is 24.5 Å². The second-order valence-electron chi connectivity index (χ2n) is 5.10. The molecule has 4 nitrogen and oxygen atoms in total. The third-order valence-corrected chi connectivity index (χ3v) is 3.53. The fourth-order valence-electron chi connectivity index (χ4n) is 2.05. The van der Waals surface area contributed by atoms with Gasteiger partial charge in [0.1, 0.15) is 0 Å². The summed E-state index contributed by atoms with van der Waals surface area (Å²) in [5.74, 6) is -0.201. The highest BCUT2D eigenvalue weighted by Gasteiger charge is 2.15. The molecule has 5 heteroatoms. The Hall–Kier alpha value is -1.55. The number of rotatable bonds is 9. The van der Waals surface area contributed by atoms with Crippen LogP contribution in [0.4, 0.5) is 0 Å². The molecule has 0 aromatic heterocycles. The molecule has 0 bridgehead atoms. The maximum absolute atomic E-state index is 12.3. The number of unbranched alkanes of at least 4 members (excludes halogenated alkanes) is 1. The van der Waals surface area contributed by atoms with Crippen LogP contribution in [-0.2, 0) is 20.9 Å². The van der Waals surface area contributed by atoms with Gasteiger partial charge in [-0.2, -0.15) is 0 Å². The number of benzene rings is 1. The van der Waals surface area contributed by atoms with Crippen molar-refractivity contribution in [2.45, 2.75) is 46.1 Å². The first kappa shape index (κ1) is 18.5. The molecule has 0 aliphatic heterocycles. The van der Waals surface area contributed by atoms with Crippen LogP contribution in [0.25, 0.3) is 0 Å². The van der Waals surface area contributed by atoms with Gasteiger partial charge in [0.15, 0.2) is 0 Å². The van der Waals surface area contributed by atoms with Crippen molar-refractivity contribution < 1.29 is 14.3 Å². The van der Waals surface area contributed by atoms with Crippen molar-refractivity contribution in [1.29, 1.82) is 0 Å². The molecular weight excluding hydrogens is 302 g/mol. The molecule has 1 amide bonds. The van der Waals surface area contributed by atoms with E-state index in [1.54, 1.807) is 24.0 Å². The van der Waals surface area contributed by atoms with Gasteiger partial charge in [-0.25, -0.2) is 0 Å². The predicted octanol–water partition coefficient (Wildman–Crippen LogP) is 3.81. The minimum Gasteiger partial charge on any atom is -0.466 e. The second-order valence-corrected chi connectivity index (χ2v) is 5.54. The zero-order chi connectivity index (χ0) is 16.4. The van der Waals surface area contributed by atoms with Crippen molar-refractivity contribution in [3.05, 3.63) is 34.9 Å². The van der Waals surface area contributed by atoms with Crippen LogP contribution in [0.3, 0.4) is 0 Å². The van der Waals surface area contributed by atoms with E-state index in [-0.39, 0.29) is 18.3 Å². The largest absolute Gasteiger partial charge is 0.466 e. The van der Waals surface area contributed by atoms with Crippen LogP contribution in [0.5, 0.6) is 0 Å². The summed E-state index contributed by atoms with van der Waals surface area (Å²) in [4.78, 5) is 25.5. The molecule has 0 N–H and O–H groups in total. The Morgan fingerprint density at radius 2 is 1.82 bits per heavy atom. The highest BCUT2D eigenvalue weighted by Crippen LogP contribution is 2.13. The highest BCUT2D eigenvalue weighted by atomic mass is 35.5. The second kappa shape index (κ2) is 10.2. The lowest BCUT2D eigenvalue weighted by molar-refractivity contribution is -0.144. The van der Waals surface area contributed by atoms with E-state index in [1.807, 2.05) is 12.1 Å². The van der Waals surface area contributed by atoms with Crippen LogP contribution >= 0.6 is 11.6 Å². The van der Waals surface area contributed by atoms with Crippen molar-refractivity contribution in [2.24, 2.45) is 0 Å². The number of amides is 1. The van der Waals surface area contributed by atoms with Gasteiger partial charge in [-0.1, -0.05) is 37.1 Å². The molecule has 122 valence electrons. The summed E-state index contributed by atoms with van der Waals surface area (Å²) in [5.41, 5.74) is 0.998. The van der Waals surface area contributed by atoms with E-state index in [0.717, 1.165) is 18.4 Å². The van der Waals surface area contributed by atoms with Crippen molar-refractivity contribution in [3.63, 3.8) is 0 Å². The number of esters is 1. The molecule has 22 heavy (non-hydrogen) atoms. The predicted molar refractivity (Wildman–Crippen MR) is 87.6 cm³/mol. The van der Waals surface area contributed by atoms with Gasteiger partial charge in [0.25, 0.3) is 0 Å². The van der Waals surface area contributed by atoms with Gasteiger partial charge in [0.2, 0.25) is 5.91 Å². The normalized spacial score (nSPS) is 10.3. The molecule has 0 unspecified atom stereocenters. The van der Waals surface area contributed by atoms with Crippen LogP contribution in [-0.4, -0.2) is 29.9 Å². The Morgan fingerprint density at radius 1 is 1.14 bits per heavy atom. The Labute approximate surface area is 137 Å². The zero-order valence-electron chi connectivity index (χ0n) is 13.3. The monoisotopic (exact) mass is 325 g/mol.